The van der Waals surface area contributed by atoms with E-state index in [1.54, 1.807) is 12.4 Å². The molecule has 1 aliphatic heterocycles. The molecule has 3 rings (SSSR count). The van der Waals surface area contributed by atoms with Crippen LogP contribution in [0.15, 0.2) is 30.7 Å². The van der Waals surface area contributed by atoms with Gasteiger partial charge in [-0.15, -0.1) is 0 Å². The molecule has 6 nitrogen and oxygen atoms in total. The average Bonchev–Trinajstić information content (AvgIpc) is 2.69. The number of aryl methyl sites for hydroxylation is 1. The van der Waals surface area contributed by atoms with Crippen molar-refractivity contribution in [2.45, 2.75) is 39.5 Å². The number of aromatic nitrogens is 3. The average molecular weight is 353 g/mol. The molecule has 1 saturated heterocycles. The number of piperidine rings is 1. The van der Waals surface area contributed by atoms with E-state index in [0.29, 0.717) is 6.54 Å². The van der Waals surface area contributed by atoms with Crippen LogP contribution in [0.5, 0.6) is 0 Å². The lowest BCUT2D eigenvalue weighted by atomic mass is 9.90. The van der Waals surface area contributed by atoms with Gasteiger partial charge in [0.25, 0.3) is 0 Å². The SMILES string of the molecule is CCN(CC)C(=O)N1CCC[C@H](c2nc(C)ncc2-c2ccncc2)C1. The van der Waals surface area contributed by atoms with Crippen LogP contribution in [0.4, 0.5) is 4.79 Å². The van der Waals surface area contributed by atoms with Gasteiger partial charge in [-0.25, -0.2) is 14.8 Å². The third-order valence-electron chi connectivity index (χ3n) is 5.04. The molecule has 1 fully saturated rings. The van der Waals surface area contributed by atoms with Gasteiger partial charge in [0.05, 0.1) is 5.69 Å². The van der Waals surface area contributed by atoms with Crippen molar-refractivity contribution >= 4 is 6.03 Å². The van der Waals surface area contributed by atoms with Crippen LogP contribution in [0.1, 0.15) is 44.1 Å². The van der Waals surface area contributed by atoms with Crippen molar-refractivity contribution in [2.24, 2.45) is 0 Å². The third kappa shape index (κ3) is 3.84. The number of carbonyl (C=O) groups excluding carboxylic acids is 1. The monoisotopic (exact) mass is 353 g/mol. The zero-order valence-corrected chi connectivity index (χ0v) is 15.9. The first-order valence-electron chi connectivity index (χ1n) is 9.41. The maximum absolute atomic E-state index is 12.8. The first-order valence-corrected chi connectivity index (χ1v) is 9.41. The van der Waals surface area contributed by atoms with Crippen molar-refractivity contribution in [1.29, 1.82) is 0 Å². The van der Waals surface area contributed by atoms with Crippen molar-refractivity contribution in [1.82, 2.24) is 24.8 Å². The number of amides is 2. The number of hydrogen-bond acceptors (Lipinski definition) is 4. The molecule has 1 aliphatic rings. The van der Waals surface area contributed by atoms with E-state index in [1.165, 1.54) is 0 Å². The Hall–Kier alpha value is -2.50. The Bertz CT molecular complexity index is 745. The fraction of sp³-hybridized carbons (Fsp3) is 0.500. The lowest BCUT2D eigenvalue weighted by Gasteiger charge is -2.36. The molecule has 0 bridgehead atoms. The minimum absolute atomic E-state index is 0.135. The van der Waals surface area contributed by atoms with Crippen molar-refractivity contribution in [2.75, 3.05) is 26.2 Å². The summed E-state index contributed by atoms with van der Waals surface area (Å²) in [6.07, 6.45) is 7.51. The molecule has 0 saturated carbocycles. The summed E-state index contributed by atoms with van der Waals surface area (Å²) in [5, 5.41) is 0. The normalized spacial score (nSPS) is 17.2. The van der Waals surface area contributed by atoms with Gasteiger partial charge in [0.1, 0.15) is 5.82 Å². The van der Waals surface area contributed by atoms with E-state index < -0.39 is 0 Å². The predicted octanol–water partition coefficient (Wildman–Crippen LogP) is 3.49. The molecule has 26 heavy (non-hydrogen) atoms. The molecule has 0 spiro atoms. The number of hydrogen-bond donors (Lipinski definition) is 0. The van der Waals surface area contributed by atoms with E-state index in [9.17, 15) is 4.79 Å². The summed E-state index contributed by atoms with van der Waals surface area (Å²) >= 11 is 0. The summed E-state index contributed by atoms with van der Waals surface area (Å²) in [6, 6.07) is 4.11. The standard InChI is InChI=1S/C20H27N5O/c1-4-24(5-2)20(26)25-12-6-7-17(14-25)19-18(13-22-15(3)23-19)16-8-10-21-11-9-16/h8-11,13,17H,4-7,12,14H2,1-3H3/t17-/m0/s1. The highest BCUT2D eigenvalue weighted by Crippen LogP contribution is 2.33. The van der Waals surface area contributed by atoms with Crippen LogP contribution in [0.2, 0.25) is 0 Å². The first-order chi connectivity index (χ1) is 12.6. The van der Waals surface area contributed by atoms with Gasteiger partial charge < -0.3 is 9.80 Å². The number of nitrogens with zero attached hydrogens (tertiary/aromatic N) is 5. The molecule has 3 heterocycles. The largest absolute Gasteiger partial charge is 0.325 e. The fourth-order valence-electron chi connectivity index (χ4n) is 3.62. The second kappa shape index (κ2) is 8.25. The Morgan fingerprint density at radius 2 is 2.00 bits per heavy atom. The molecule has 0 radical (unpaired) electrons. The lowest BCUT2D eigenvalue weighted by Crippen LogP contribution is -2.47. The highest BCUT2D eigenvalue weighted by molar-refractivity contribution is 5.74. The summed E-state index contributed by atoms with van der Waals surface area (Å²) in [7, 11) is 0. The van der Waals surface area contributed by atoms with Crippen LogP contribution in [0.25, 0.3) is 11.1 Å². The molecule has 0 unspecified atom stereocenters. The number of urea groups is 1. The van der Waals surface area contributed by atoms with Crippen molar-refractivity contribution in [3.8, 4) is 11.1 Å². The number of pyridine rings is 1. The molecule has 138 valence electrons. The molecule has 0 N–H and O–H groups in total. The minimum atomic E-state index is 0.135. The molecule has 0 aromatic carbocycles. The molecule has 0 aliphatic carbocycles. The van der Waals surface area contributed by atoms with Gasteiger partial charge >= 0.3 is 6.03 Å². The van der Waals surface area contributed by atoms with Crippen molar-refractivity contribution < 1.29 is 4.79 Å². The molecule has 2 aromatic rings. The van der Waals surface area contributed by atoms with Crippen LogP contribution < -0.4 is 0 Å². The first kappa shape index (κ1) is 18.3. The van der Waals surface area contributed by atoms with Crippen LogP contribution in [0, 0.1) is 6.92 Å². The highest BCUT2D eigenvalue weighted by Gasteiger charge is 2.29. The van der Waals surface area contributed by atoms with Gasteiger partial charge in [-0.1, -0.05) is 0 Å². The Kier molecular flexibility index (Phi) is 5.81. The van der Waals surface area contributed by atoms with Gasteiger partial charge in [0.15, 0.2) is 0 Å². The second-order valence-electron chi connectivity index (χ2n) is 6.69. The van der Waals surface area contributed by atoms with Gasteiger partial charge in [-0.2, -0.15) is 0 Å². The van der Waals surface area contributed by atoms with Crippen LogP contribution in [-0.4, -0.2) is 57.0 Å². The summed E-state index contributed by atoms with van der Waals surface area (Å²) in [5.74, 6) is 0.998. The fourth-order valence-corrected chi connectivity index (χ4v) is 3.62. The Morgan fingerprint density at radius 1 is 1.27 bits per heavy atom. The predicted molar refractivity (Wildman–Crippen MR) is 102 cm³/mol. The molecular weight excluding hydrogens is 326 g/mol. The minimum Gasteiger partial charge on any atom is -0.325 e. The Balaban J connectivity index is 1.89. The van der Waals surface area contributed by atoms with Crippen molar-refractivity contribution in [3.05, 3.63) is 42.2 Å². The molecule has 6 heteroatoms. The molecule has 1 atom stereocenters. The Labute approximate surface area is 155 Å². The smallest absolute Gasteiger partial charge is 0.319 e. The maximum atomic E-state index is 12.8. The summed E-state index contributed by atoms with van der Waals surface area (Å²) in [4.78, 5) is 29.9. The Morgan fingerprint density at radius 3 is 2.69 bits per heavy atom. The third-order valence-corrected chi connectivity index (χ3v) is 5.04. The second-order valence-corrected chi connectivity index (χ2v) is 6.69. The summed E-state index contributed by atoms with van der Waals surface area (Å²) in [5.41, 5.74) is 3.16. The summed E-state index contributed by atoms with van der Waals surface area (Å²) < 4.78 is 0. The maximum Gasteiger partial charge on any atom is 0.319 e. The van der Waals surface area contributed by atoms with E-state index in [0.717, 1.165) is 55.1 Å². The zero-order valence-electron chi connectivity index (χ0n) is 15.9. The summed E-state index contributed by atoms with van der Waals surface area (Å²) in [6.45, 7) is 8.99. The molecule has 2 aromatic heterocycles. The van der Waals surface area contributed by atoms with Gasteiger partial charge in [0, 0.05) is 56.3 Å². The van der Waals surface area contributed by atoms with Crippen LogP contribution >= 0.6 is 0 Å². The van der Waals surface area contributed by atoms with E-state index in [4.69, 9.17) is 4.98 Å². The van der Waals surface area contributed by atoms with Crippen LogP contribution in [0.3, 0.4) is 0 Å². The number of carbonyl (C=O) groups is 1. The van der Waals surface area contributed by atoms with Crippen LogP contribution in [-0.2, 0) is 0 Å². The zero-order chi connectivity index (χ0) is 18.5. The number of rotatable bonds is 4. The molecule has 2 amide bonds. The lowest BCUT2D eigenvalue weighted by molar-refractivity contribution is 0.142. The van der Waals surface area contributed by atoms with E-state index >= 15 is 0 Å². The number of likely N-dealkylation sites (tertiary alicyclic amines) is 1. The van der Waals surface area contributed by atoms with Gasteiger partial charge in [-0.3, -0.25) is 4.98 Å². The molecular formula is C20H27N5O. The van der Waals surface area contributed by atoms with E-state index in [-0.39, 0.29) is 11.9 Å². The van der Waals surface area contributed by atoms with Gasteiger partial charge in [-0.05, 0) is 51.3 Å². The van der Waals surface area contributed by atoms with Crippen molar-refractivity contribution in [3.63, 3.8) is 0 Å². The highest BCUT2D eigenvalue weighted by atomic mass is 16.2. The quantitative estimate of drug-likeness (QED) is 0.844. The van der Waals surface area contributed by atoms with E-state index in [2.05, 4.69) is 9.97 Å². The van der Waals surface area contributed by atoms with Gasteiger partial charge in [0.2, 0.25) is 0 Å². The van der Waals surface area contributed by atoms with E-state index in [1.807, 2.05) is 48.9 Å². The topological polar surface area (TPSA) is 62.2 Å².